The standard InChI is InChI=1S/C36H33FN2O5/c1-42-35(40)26-15-13-25(14-16-26)32-33-30(11-6-12-31(33)44-23-24-8-4-3-5-9-24)39(29-19-17-28(37)18-20-29)34(32)27-10-7-21-38(22-27)36(41)43-2/h3-6,8-9,11-20,27H,7,10,21-23H2,1-2H3. The summed E-state index contributed by atoms with van der Waals surface area (Å²) in [6, 6.07) is 29.7. The lowest BCUT2D eigenvalue weighted by Crippen LogP contribution is -2.39. The Kier molecular flexibility index (Phi) is 8.32. The lowest BCUT2D eigenvalue weighted by Gasteiger charge is -2.33. The van der Waals surface area contributed by atoms with Crippen LogP contribution in [0.3, 0.4) is 0 Å². The first-order valence-corrected chi connectivity index (χ1v) is 14.6. The summed E-state index contributed by atoms with van der Waals surface area (Å²) in [5.74, 6) is -0.121. The van der Waals surface area contributed by atoms with E-state index in [1.165, 1.54) is 26.4 Å². The topological polar surface area (TPSA) is 70.0 Å². The van der Waals surface area contributed by atoms with Gasteiger partial charge in [-0.3, -0.25) is 0 Å². The molecule has 0 saturated carbocycles. The molecule has 1 amide bonds. The van der Waals surface area contributed by atoms with E-state index in [1.807, 2.05) is 60.7 Å². The van der Waals surface area contributed by atoms with E-state index in [9.17, 15) is 14.0 Å². The number of aromatic nitrogens is 1. The fourth-order valence-corrected chi connectivity index (χ4v) is 6.12. The van der Waals surface area contributed by atoms with Crippen LogP contribution in [0.4, 0.5) is 9.18 Å². The van der Waals surface area contributed by atoms with Crippen LogP contribution in [0.15, 0.2) is 97.1 Å². The zero-order valence-corrected chi connectivity index (χ0v) is 24.7. The molecule has 7 nitrogen and oxygen atoms in total. The molecule has 5 aromatic rings. The molecule has 44 heavy (non-hydrogen) atoms. The Morgan fingerprint density at radius 2 is 1.61 bits per heavy atom. The summed E-state index contributed by atoms with van der Waals surface area (Å²) in [7, 11) is 2.75. The van der Waals surface area contributed by atoms with Crippen LogP contribution in [0.25, 0.3) is 27.7 Å². The third kappa shape index (κ3) is 5.63. The number of likely N-dealkylation sites (tertiary alicyclic amines) is 1. The molecule has 1 aromatic heterocycles. The molecule has 1 aliphatic rings. The number of carbonyl (C=O) groups excluding carboxylic acids is 2. The molecule has 0 radical (unpaired) electrons. The maximum absolute atomic E-state index is 14.2. The molecule has 1 saturated heterocycles. The van der Waals surface area contributed by atoms with E-state index in [-0.39, 0.29) is 17.8 Å². The first-order chi connectivity index (χ1) is 21.5. The second-order valence-electron chi connectivity index (χ2n) is 10.8. The first kappa shape index (κ1) is 29.0. The molecule has 4 aromatic carbocycles. The largest absolute Gasteiger partial charge is 0.488 e. The highest BCUT2D eigenvalue weighted by molar-refractivity contribution is 6.04. The van der Waals surface area contributed by atoms with Gasteiger partial charge < -0.3 is 23.7 Å². The van der Waals surface area contributed by atoms with E-state index < -0.39 is 5.97 Å². The number of carbonyl (C=O) groups is 2. The number of halogens is 1. The smallest absolute Gasteiger partial charge is 0.409 e. The summed E-state index contributed by atoms with van der Waals surface area (Å²) in [6.07, 6.45) is 1.26. The summed E-state index contributed by atoms with van der Waals surface area (Å²) in [6.45, 7) is 1.43. The van der Waals surface area contributed by atoms with Crippen LogP contribution in [-0.2, 0) is 16.1 Å². The highest BCUT2D eigenvalue weighted by Gasteiger charge is 2.33. The molecule has 6 rings (SSSR count). The maximum Gasteiger partial charge on any atom is 0.409 e. The molecule has 0 N–H and O–H groups in total. The molecule has 8 heteroatoms. The number of rotatable bonds is 7. The van der Waals surface area contributed by atoms with E-state index in [1.54, 1.807) is 29.2 Å². The van der Waals surface area contributed by atoms with Gasteiger partial charge >= 0.3 is 12.1 Å². The summed E-state index contributed by atoms with van der Waals surface area (Å²) in [4.78, 5) is 26.7. The van der Waals surface area contributed by atoms with Gasteiger partial charge in [0.15, 0.2) is 0 Å². The summed E-state index contributed by atoms with van der Waals surface area (Å²) in [5.41, 5.74) is 5.94. The quantitative estimate of drug-likeness (QED) is 0.181. The second kappa shape index (κ2) is 12.6. The number of nitrogens with zero attached hydrogens (tertiary/aromatic N) is 2. The Labute approximate surface area is 255 Å². The van der Waals surface area contributed by atoms with Crippen molar-refractivity contribution in [2.75, 3.05) is 27.3 Å². The van der Waals surface area contributed by atoms with E-state index in [0.29, 0.717) is 31.0 Å². The van der Waals surface area contributed by atoms with Gasteiger partial charge in [0.25, 0.3) is 0 Å². The van der Waals surface area contributed by atoms with Crippen molar-refractivity contribution in [2.24, 2.45) is 0 Å². The molecule has 0 aliphatic carbocycles. The minimum absolute atomic E-state index is 0.0717. The number of amides is 1. The zero-order valence-electron chi connectivity index (χ0n) is 24.7. The molecule has 1 aliphatic heterocycles. The number of esters is 1. The van der Waals surface area contributed by atoms with Crippen molar-refractivity contribution in [2.45, 2.75) is 25.4 Å². The van der Waals surface area contributed by atoms with Crippen molar-refractivity contribution in [1.82, 2.24) is 9.47 Å². The second-order valence-corrected chi connectivity index (χ2v) is 10.8. The minimum Gasteiger partial charge on any atom is -0.488 e. The van der Waals surface area contributed by atoms with Crippen LogP contribution < -0.4 is 4.74 Å². The van der Waals surface area contributed by atoms with Gasteiger partial charge in [-0.05, 0) is 72.5 Å². The Morgan fingerprint density at radius 1 is 0.864 bits per heavy atom. The van der Waals surface area contributed by atoms with E-state index in [2.05, 4.69) is 4.57 Å². The van der Waals surface area contributed by atoms with E-state index in [4.69, 9.17) is 14.2 Å². The highest BCUT2D eigenvalue weighted by atomic mass is 19.1. The molecule has 1 unspecified atom stereocenters. The summed E-state index contributed by atoms with van der Waals surface area (Å²) in [5, 5.41) is 0.892. The van der Waals surface area contributed by atoms with Crippen molar-refractivity contribution in [3.05, 3.63) is 120 Å². The van der Waals surface area contributed by atoms with Crippen LogP contribution in [0.2, 0.25) is 0 Å². The lowest BCUT2D eigenvalue weighted by atomic mass is 9.89. The number of piperidine rings is 1. The van der Waals surface area contributed by atoms with Gasteiger partial charge in [0, 0.05) is 36.0 Å². The summed E-state index contributed by atoms with van der Waals surface area (Å²) < 4.78 is 32.8. The normalized spacial score (nSPS) is 14.8. The van der Waals surface area contributed by atoms with Gasteiger partial charge in [0.2, 0.25) is 0 Å². The molecule has 224 valence electrons. The minimum atomic E-state index is -0.418. The number of fused-ring (bicyclic) bond motifs is 1. The highest BCUT2D eigenvalue weighted by Crippen LogP contribution is 2.46. The Morgan fingerprint density at radius 3 is 2.32 bits per heavy atom. The molecule has 2 heterocycles. The average Bonchev–Trinajstić information content (AvgIpc) is 3.43. The lowest BCUT2D eigenvalue weighted by molar-refractivity contribution is 0.0600. The van der Waals surface area contributed by atoms with Crippen molar-refractivity contribution >= 4 is 23.0 Å². The molecule has 1 fully saturated rings. The SMILES string of the molecule is COC(=O)c1ccc(-c2c(C3CCCN(C(=O)OC)C3)n(-c3ccc(F)cc3)c3cccc(OCc4ccccc4)c23)cc1. The monoisotopic (exact) mass is 592 g/mol. The van der Waals surface area contributed by atoms with Gasteiger partial charge in [-0.2, -0.15) is 0 Å². The van der Waals surface area contributed by atoms with Crippen molar-refractivity contribution in [3.8, 4) is 22.6 Å². The third-order valence-electron chi connectivity index (χ3n) is 8.15. The predicted octanol–water partition coefficient (Wildman–Crippen LogP) is 7.75. The molecular weight excluding hydrogens is 559 g/mol. The van der Waals surface area contributed by atoms with Crippen LogP contribution in [-0.4, -0.2) is 48.8 Å². The van der Waals surface area contributed by atoms with Crippen LogP contribution >= 0.6 is 0 Å². The Hall–Kier alpha value is -5.11. The maximum atomic E-state index is 14.2. The van der Waals surface area contributed by atoms with Crippen LogP contribution in [0.5, 0.6) is 5.75 Å². The zero-order chi connectivity index (χ0) is 30.6. The Balaban J connectivity index is 1.61. The van der Waals surface area contributed by atoms with Gasteiger partial charge in [0.1, 0.15) is 18.2 Å². The number of ether oxygens (including phenoxy) is 3. The van der Waals surface area contributed by atoms with Gasteiger partial charge in [-0.25, -0.2) is 14.0 Å². The summed E-state index contributed by atoms with van der Waals surface area (Å²) >= 11 is 0. The van der Waals surface area contributed by atoms with Crippen LogP contribution in [0.1, 0.15) is 40.4 Å². The van der Waals surface area contributed by atoms with Crippen molar-refractivity contribution in [3.63, 3.8) is 0 Å². The van der Waals surface area contributed by atoms with Gasteiger partial charge in [-0.15, -0.1) is 0 Å². The van der Waals surface area contributed by atoms with Crippen molar-refractivity contribution < 1.29 is 28.2 Å². The van der Waals surface area contributed by atoms with Crippen LogP contribution in [0, 0.1) is 5.82 Å². The van der Waals surface area contributed by atoms with Gasteiger partial charge in [0.05, 0.1) is 30.7 Å². The van der Waals surface area contributed by atoms with E-state index in [0.717, 1.165) is 51.8 Å². The van der Waals surface area contributed by atoms with Crippen molar-refractivity contribution in [1.29, 1.82) is 0 Å². The average molecular weight is 593 g/mol. The Bertz CT molecular complexity index is 1780. The van der Waals surface area contributed by atoms with E-state index >= 15 is 0 Å². The number of hydrogen-bond donors (Lipinski definition) is 0. The number of methoxy groups -OCH3 is 2. The fourth-order valence-electron chi connectivity index (χ4n) is 6.12. The number of hydrogen-bond acceptors (Lipinski definition) is 5. The van der Waals surface area contributed by atoms with Gasteiger partial charge in [-0.1, -0.05) is 48.5 Å². The molecule has 0 bridgehead atoms. The number of benzene rings is 4. The molecule has 1 atom stereocenters. The first-order valence-electron chi connectivity index (χ1n) is 14.6. The fraction of sp³-hybridized carbons (Fsp3) is 0.222. The predicted molar refractivity (Wildman–Crippen MR) is 167 cm³/mol. The molecular formula is C36H33FN2O5. The third-order valence-corrected chi connectivity index (χ3v) is 8.15. The molecule has 0 spiro atoms.